The predicted octanol–water partition coefficient (Wildman–Crippen LogP) is 5.80. The number of allylic oxidation sites excluding steroid dienone is 1. The Balaban J connectivity index is 1.72. The number of amides is 1. The molecule has 0 saturated carbocycles. The normalized spacial score (nSPS) is 25.4. The van der Waals surface area contributed by atoms with Crippen LogP contribution in [0.4, 0.5) is 15.8 Å². The molecule has 0 bridgehead atoms. The third-order valence-corrected chi connectivity index (χ3v) is 8.31. The van der Waals surface area contributed by atoms with Crippen LogP contribution in [-0.2, 0) is 15.0 Å². The number of ketones is 2. The zero-order valence-corrected chi connectivity index (χ0v) is 21.8. The standard InChI is InChI=1S/C32H29FN2O3/c1-18-17-25-32(21-13-7-9-15-23(21)34-30(32)38)26(28(36)20-12-5-8-14-22(20)33)27(29(37)31(2,3)4)35(25)24-16-10-6-11-19(18)24/h5-17,25-27H,1-4H3,(H,34,38)/t25-,26-,27+,32-/m0/s1. The summed E-state index contributed by atoms with van der Waals surface area (Å²) in [5.41, 5.74) is 1.58. The van der Waals surface area contributed by atoms with Gasteiger partial charge in [0.25, 0.3) is 0 Å². The molecule has 5 nitrogen and oxygen atoms in total. The van der Waals surface area contributed by atoms with Gasteiger partial charge in [0.15, 0.2) is 11.6 Å². The lowest BCUT2D eigenvalue weighted by molar-refractivity contribution is -0.128. The number of fused-ring (bicyclic) bond motifs is 6. The zero-order valence-electron chi connectivity index (χ0n) is 21.8. The van der Waals surface area contributed by atoms with Crippen molar-refractivity contribution in [2.45, 2.75) is 45.2 Å². The second kappa shape index (κ2) is 8.22. The van der Waals surface area contributed by atoms with Crippen LogP contribution in [0.25, 0.3) is 5.57 Å². The molecule has 6 rings (SSSR count). The molecule has 0 aromatic heterocycles. The summed E-state index contributed by atoms with van der Waals surface area (Å²) < 4.78 is 15.2. The molecule has 1 saturated heterocycles. The largest absolute Gasteiger partial charge is 0.352 e. The SMILES string of the molecule is CC1=C[C@@H]2N(c3ccccc31)[C@@H](C(=O)C(C)(C)C)[C@@H](C(=O)c1ccccc1F)[C@@]21C(=O)Nc2ccccc21. The Morgan fingerprint density at radius 1 is 0.947 bits per heavy atom. The minimum atomic E-state index is -1.43. The van der Waals surface area contributed by atoms with E-state index in [1.165, 1.54) is 18.2 Å². The molecule has 3 aromatic carbocycles. The maximum Gasteiger partial charge on any atom is 0.238 e. The number of Topliss-reactive ketones (excluding diaryl/α,β-unsaturated/α-hetero) is 2. The Hall–Kier alpha value is -4.06. The highest BCUT2D eigenvalue weighted by Gasteiger charge is 2.71. The first kappa shape index (κ1) is 24.3. The Morgan fingerprint density at radius 3 is 2.34 bits per heavy atom. The van der Waals surface area contributed by atoms with Gasteiger partial charge in [-0.25, -0.2) is 4.39 Å². The smallest absolute Gasteiger partial charge is 0.238 e. The zero-order chi connectivity index (χ0) is 27.0. The van der Waals surface area contributed by atoms with Gasteiger partial charge in [0.05, 0.1) is 17.5 Å². The van der Waals surface area contributed by atoms with Crippen molar-refractivity contribution in [1.82, 2.24) is 0 Å². The number of para-hydroxylation sites is 2. The maximum absolute atomic E-state index is 15.2. The first-order valence-corrected chi connectivity index (χ1v) is 12.9. The highest BCUT2D eigenvalue weighted by Crippen LogP contribution is 2.59. The third kappa shape index (κ3) is 3.12. The molecule has 38 heavy (non-hydrogen) atoms. The number of benzene rings is 3. The Morgan fingerprint density at radius 2 is 1.61 bits per heavy atom. The first-order chi connectivity index (χ1) is 18.1. The first-order valence-electron chi connectivity index (χ1n) is 12.9. The highest BCUT2D eigenvalue weighted by molar-refractivity contribution is 6.17. The van der Waals surface area contributed by atoms with Crippen LogP contribution in [0.15, 0.2) is 78.9 Å². The molecule has 6 heteroatoms. The third-order valence-electron chi connectivity index (χ3n) is 8.31. The average molecular weight is 509 g/mol. The van der Waals surface area contributed by atoms with Gasteiger partial charge in [0.2, 0.25) is 5.91 Å². The van der Waals surface area contributed by atoms with Crippen LogP contribution in [0.1, 0.15) is 49.2 Å². The summed E-state index contributed by atoms with van der Waals surface area (Å²) in [6, 6.07) is 19.3. The van der Waals surface area contributed by atoms with Gasteiger partial charge in [-0.15, -0.1) is 0 Å². The van der Waals surface area contributed by atoms with Crippen LogP contribution < -0.4 is 10.2 Å². The summed E-state index contributed by atoms with van der Waals surface area (Å²) in [5.74, 6) is -2.89. The van der Waals surface area contributed by atoms with Crippen LogP contribution in [0.3, 0.4) is 0 Å². The molecule has 1 fully saturated rings. The summed E-state index contributed by atoms with van der Waals surface area (Å²) in [6.45, 7) is 7.44. The summed E-state index contributed by atoms with van der Waals surface area (Å²) >= 11 is 0. The quantitative estimate of drug-likeness (QED) is 0.454. The van der Waals surface area contributed by atoms with E-state index < -0.39 is 40.4 Å². The van der Waals surface area contributed by atoms with Gasteiger partial charge in [-0.1, -0.05) is 75.4 Å². The number of nitrogens with one attached hydrogen (secondary N) is 1. The van der Waals surface area contributed by atoms with Crippen LogP contribution in [0.5, 0.6) is 0 Å². The lowest BCUT2D eigenvalue weighted by Gasteiger charge is -2.39. The number of carbonyl (C=O) groups is 3. The van der Waals surface area contributed by atoms with Crippen LogP contribution >= 0.6 is 0 Å². The second-order valence-corrected chi connectivity index (χ2v) is 11.5. The van der Waals surface area contributed by atoms with E-state index >= 15 is 4.39 Å². The molecule has 1 amide bonds. The topological polar surface area (TPSA) is 66.5 Å². The fourth-order valence-electron chi connectivity index (χ4n) is 6.66. The van der Waals surface area contributed by atoms with E-state index in [2.05, 4.69) is 5.32 Å². The molecule has 3 aromatic rings. The molecule has 192 valence electrons. The van der Waals surface area contributed by atoms with E-state index in [0.717, 1.165) is 16.8 Å². The van der Waals surface area contributed by atoms with Gasteiger partial charge >= 0.3 is 0 Å². The van der Waals surface area contributed by atoms with Crippen LogP contribution in [0.2, 0.25) is 0 Å². The van der Waals surface area contributed by atoms with Crippen molar-refractivity contribution in [1.29, 1.82) is 0 Å². The van der Waals surface area contributed by atoms with E-state index in [9.17, 15) is 14.4 Å². The Bertz CT molecular complexity index is 1550. The number of hydrogen-bond acceptors (Lipinski definition) is 4. The number of rotatable bonds is 3. The van der Waals surface area contributed by atoms with E-state index in [1.807, 2.05) is 87.2 Å². The van der Waals surface area contributed by atoms with Gasteiger partial charge in [-0.3, -0.25) is 14.4 Å². The predicted molar refractivity (Wildman–Crippen MR) is 146 cm³/mol. The van der Waals surface area contributed by atoms with Gasteiger partial charge in [0, 0.05) is 22.4 Å². The number of anilines is 2. The molecule has 3 heterocycles. The summed E-state index contributed by atoms with van der Waals surface area (Å²) in [6.07, 6.45) is 2.00. The monoisotopic (exact) mass is 508 g/mol. The van der Waals surface area contributed by atoms with Crippen molar-refractivity contribution in [2.75, 3.05) is 10.2 Å². The molecule has 3 aliphatic rings. The van der Waals surface area contributed by atoms with Crippen LogP contribution in [-0.4, -0.2) is 29.6 Å². The molecule has 3 aliphatic heterocycles. The fourth-order valence-corrected chi connectivity index (χ4v) is 6.66. The van der Waals surface area contributed by atoms with E-state index in [-0.39, 0.29) is 17.3 Å². The Labute approximate surface area is 221 Å². The summed E-state index contributed by atoms with van der Waals surface area (Å²) in [4.78, 5) is 45.1. The van der Waals surface area contributed by atoms with Gasteiger partial charge in [-0.05, 0) is 42.3 Å². The lowest BCUT2D eigenvalue weighted by Crippen LogP contribution is -2.52. The molecular weight excluding hydrogens is 479 g/mol. The van der Waals surface area contributed by atoms with E-state index in [1.54, 1.807) is 6.07 Å². The lowest BCUT2D eigenvalue weighted by atomic mass is 9.63. The van der Waals surface area contributed by atoms with Gasteiger partial charge < -0.3 is 10.2 Å². The van der Waals surface area contributed by atoms with Crippen molar-refractivity contribution in [3.8, 4) is 0 Å². The molecular formula is C32H29FN2O3. The van der Waals surface area contributed by atoms with E-state index in [4.69, 9.17) is 0 Å². The Kier molecular flexibility index (Phi) is 5.25. The van der Waals surface area contributed by atoms with Crippen molar-refractivity contribution < 1.29 is 18.8 Å². The molecule has 1 spiro atoms. The maximum atomic E-state index is 15.2. The molecule has 0 radical (unpaired) electrons. The van der Waals surface area contributed by atoms with Crippen LogP contribution in [0, 0.1) is 17.2 Å². The van der Waals surface area contributed by atoms with Crippen molar-refractivity contribution >= 4 is 34.4 Å². The summed E-state index contributed by atoms with van der Waals surface area (Å²) in [5, 5.41) is 3.00. The average Bonchev–Trinajstić information content (AvgIpc) is 3.36. The number of hydrogen-bond donors (Lipinski definition) is 1. The molecule has 4 atom stereocenters. The van der Waals surface area contributed by atoms with Crippen molar-refractivity contribution in [3.05, 3.63) is 101 Å². The fraction of sp³-hybridized carbons (Fsp3) is 0.281. The minimum Gasteiger partial charge on any atom is -0.352 e. The molecule has 0 unspecified atom stereocenters. The summed E-state index contributed by atoms with van der Waals surface area (Å²) in [7, 11) is 0. The highest BCUT2D eigenvalue weighted by atomic mass is 19.1. The van der Waals surface area contributed by atoms with Gasteiger partial charge in [-0.2, -0.15) is 0 Å². The van der Waals surface area contributed by atoms with E-state index in [0.29, 0.717) is 11.3 Å². The van der Waals surface area contributed by atoms with Crippen molar-refractivity contribution in [3.63, 3.8) is 0 Å². The van der Waals surface area contributed by atoms with Gasteiger partial charge in [0.1, 0.15) is 17.3 Å². The number of halogens is 1. The number of carbonyl (C=O) groups excluding carboxylic acids is 3. The molecule has 1 N–H and O–H groups in total. The second-order valence-electron chi connectivity index (χ2n) is 11.5. The minimum absolute atomic E-state index is 0.116. The molecule has 0 aliphatic carbocycles. The number of nitrogens with zero attached hydrogens (tertiary/aromatic N) is 1. The van der Waals surface area contributed by atoms with Crippen molar-refractivity contribution in [2.24, 2.45) is 11.3 Å².